The Labute approximate surface area is 151 Å². The van der Waals surface area contributed by atoms with E-state index in [2.05, 4.69) is 5.32 Å². The summed E-state index contributed by atoms with van der Waals surface area (Å²) in [6, 6.07) is -1.63. The van der Waals surface area contributed by atoms with Gasteiger partial charge in [0.05, 0.1) is 6.54 Å². The molecule has 1 aliphatic heterocycles. The molecule has 1 aliphatic carbocycles. The van der Waals surface area contributed by atoms with Gasteiger partial charge in [0.1, 0.15) is 6.04 Å². The van der Waals surface area contributed by atoms with Gasteiger partial charge >= 0.3 is 18.2 Å². The molecule has 26 heavy (non-hydrogen) atoms. The molecule has 0 spiro atoms. The van der Waals surface area contributed by atoms with Crippen molar-refractivity contribution in [2.75, 3.05) is 39.3 Å². The molecule has 0 aromatic carbocycles. The van der Waals surface area contributed by atoms with Crippen LogP contribution in [0.2, 0.25) is 0 Å². The summed E-state index contributed by atoms with van der Waals surface area (Å²) < 4.78 is 38.2. The lowest BCUT2D eigenvalue weighted by atomic mass is 9.85. The monoisotopic (exact) mass is 380 g/mol. The van der Waals surface area contributed by atoms with E-state index in [4.69, 9.17) is 5.11 Å². The third-order valence-electron chi connectivity index (χ3n) is 5.32. The summed E-state index contributed by atoms with van der Waals surface area (Å²) in [5, 5.41) is 11.8. The number of alkyl halides is 3. The maximum Gasteiger partial charge on any atom is 0.403 e. The number of halogens is 3. The number of nitrogens with zero attached hydrogens (tertiary/aromatic N) is 3. The molecule has 0 aromatic heterocycles. The number of carbonyl (C=O) groups excluding carboxylic acids is 1. The van der Waals surface area contributed by atoms with Gasteiger partial charge in [0, 0.05) is 38.3 Å². The van der Waals surface area contributed by atoms with E-state index < -0.39 is 18.2 Å². The first-order chi connectivity index (χ1) is 12.1. The van der Waals surface area contributed by atoms with Crippen LogP contribution in [-0.2, 0) is 4.79 Å². The zero-order chi connectivity index (χ0) is 19.5. The van der Waals surface area contributed by atoms with E-state index in [0.717, 1.165) is 6.92 Å². The van der Waals surface area contributed by atoms with Crippen LogP contribution in [0.3, 0.4) is 0 Å². The number of hydrogen-bond donors (Lipinski definition) is 2. The molecule has 0 aromatic rings. The highest BCUT2D eigenvalue weighted by Gasteiger charge is 2.41. The summed E-state index contributed by atoms with van der Waals surface area (Å²) in [6.45, 7) is 4.59. The molecule has 150 valence electrons. The van der Waals surface area contributed by atoms with Crippen LogP contribution in [-0.4, -0.2) is 95.4 Å². The van der Waals surface area contributed by atoms with Gasteiger partial charge in [-0.3, -0.25) is 14.6 Å². The first kappa shape index (κ1) is 20.8. The lowest BCUT2D eigenvalue weighted by Crippen LogP contribution is -2.60. The highest BCUT2D eigenvalue weighted by molar-refractivity contribution is 5.74. The van der Waals surface area contributed by atoms with E-state index in [0.29, 0.717) is 19.4 Å². The number of nitrogens with one attached hydrogen (secondary N) is 1. The van der Waals surface area contributed by atoms with Crippen molar-refractivity contribution >= 4 is 12.0 Å². The molecule has 1 saturated carbocycles. The summed E-state index contributed by atoms with van der Waals surface area (Å²) >= 11 is 0. The minimum Gasteiger partial charge on any atom is -0.480 e. The second-order valence-electron chi connectivity index (χ2n) is 6.97. The molecule has 2 aliphatic rings. The van der Waals surface area contributed by atoms with Gasteiger partial charge in [0.2, 0.25) is 0 Å². The highest BCUT2D eigenvalue weighted by Crippen LogP contribution is 2.27. The van der Waals surface area contributed by atoms with Crippen LogP contribution >= 0.6 is 0 Å². The van der Waals surface area contributed by atoms with Crippen LogP contribution in [0, 0.1) is 0 Å². The summed E-state index contributed by atoms with van der Waals surface area (Å²) in [4.78, 5) is 27.8. The molecule has 1 unspecified atom stereocenters. The average molecular weight is 380 g/mol. The summed E-state index contributed by atoms with van der Waals surface area (Å²) in [5.41, 5.74) is 0. The number of amides is 2. The fraction of sp³-hybridized carbons (Fsp3) is 0.875. The van der Waals surface area contributed by atoms with Crippen LogP contribution < -0.4 is 5.32 Å². The molecule has 7 nitrogen and oxygen atoms in total. The molecule has 2 fully saturated rings. The topological polar surface area (TPSA) is 76.1 Å². The minimum atomic E-state index is -4.26. The molecule has 2 rings (SSSR count). The number of carbonyl (C=O) groups is 2. The predicted octanol–water partition coefficient (Wildman–Crippen LogP) is 1.20. The number of rotatable bonds is 6. The Morgan fingerprint density at radius 1 is 1.23 bits per heavy atom. The van der Waals surface area contributed by atoms with Gasteiger partial charge in [0.15, 0.2) is 0 Å². The van der Waals surface area contributed by atoms with Crippen LogP contribution in [0.25, 0.3) is 0 Å². The van der Waals surface area contributed by atoms with Crippen molar-refractivity contribution in [1.29, 1.82) is 0 Å². The minimum absolute atomic E-state index is 0.0116. The molecule has 2 amide bonds. The van der Waals surface area contributed by atoms with Crippen molar-refractivity contribution in [2.45, 2.75) is 51.0 Å². The first-order valence-electron chi connectivity index (χ1n) is 8.93. The van der Waals surface area contributed by atoms with E-state index in [1.165, 1.54) is 4.90 Å². The van der Waals surface area contributed by atoms with Gasteiger partial charge in [0.25, 0.3) is 0 Å². The molecule has 2 N–H and O–H groups in total. The van der Waals surface area contributed by atoms with E-state index in [1.54, 1.807) is 4.90 Å². The summed E-state index contributed by atoms with van der Waals surface area (Å²) in [6.07, 6.45) is -2.87. The van der Waals surface area contributed by atoms with Crippen LogP contribution in [0.5, 0.6) is 0 Å². The lowest BCUT2D eigenvalue weighted by molar-refractivity contribution is -0.181. The molecular weight excluding hydrogens is 353 g/mol. The van der Waals surface area contributed by atoms with E-state index in [9.17, 15) is 22.8 Å². The smallest absolute Gasteiger partial charge is 0.403 e. The maximum atomic E-state index is 12.7. The Hall–Kier alpha value is -1.55. The van der Waals surface area contributed by atoms with Crippen molar-refractivity contribution in [3.05, 3.63) is 0 Å². The maximum absolute atomic E-state index is 12.7. The molecule has 1 saturated heterocycles. The van der Waals surface area contributed by atoms with Gasteiger partial charge in [-0.15, -0.1) is 0 Å². The van der Waals surface area contributed by atoms with Gasteiger partial charge in [-0.1, -0.05) is 6.92 Å². The Kier molecular flexibility index (Phi) is 6.73. The van der Waals surface area contributed by atoms with Crippen molar-refractivity contribution < 1.29 is 27.9 Å². The van der Waals surface area contributed by atoms with Gasteiger partial charge in [-0.05, 0) is 26.3 Å². The van der Waals surface area contributed by atoms with E-state index in [1.807, 2.05) is 11.8 Å². The number of hydrogen-bond acceptors (Lipinski definition) is 4. The fourth-order valence-electron chi connectivity index (χ4n) is 3.46. The van der Waals surface area contributed by atoms with Gasteiger partial charge in [-0.25, -0.2) is 4.79 Å². The zero-order valence-corrected chi connectivity index (χ0v) is 15.1. The molecular formula is C16H27F3N4O3. The largest absolute Gasteiger partial charge is 0.480 e. The second kappa shape index (κ2) is 8.43. The van der Waals surface area contributed by atoms with E-state index in [-0.39, 0.29) is 50.8 Å². The standard InChI is InChI=1S/C16H27F3N4O3/c1-3-21(10-14(24)25)13-8-12(9-13)20-15(26)23-6-4-22(5-7-23)11(2)16(17,18)19/h11-13H,3-10H2,1-2H3,(H,20,26)(H,24,25). The number of piperazine rings is 1. The van der Waals surface area contributed by atoms with Gasteiger partial charge in [-0.2, -0.15) is 13.2 Å². The fourth-order valence-corrected chi connectivity index (χ4v) is 3.46. The van der Waals surface area contributed by atoms with Crippen LogP contribution in [0.4, 0.5) is 18.0 Å². The van der Waals surface area contributed by atoms with Crippen molar-refractivity contribution in [3.63, 3.8) is 0 Å². The third-order valence-corrected chi connectivity index (χ3v) is 5.32. The van der Waals surface area contributed by atoms with Gasteiger partial charge < -0.3 is 15.3 Å². The average Bonchev–Trinajstić information content (AvgIpc) is 2.54. The molecule has 1 atom stereocenters. The molecule has 10 heteroatoms. The van der Waals surface area contributed by atoms with Crippen molar-refractivity contribution in [1.82, 2.24) is 20.0 Å². The lowest BCUT2D eigenvalue weighted by Gasteiger charge is -2.44. The molecule has 0 radical (unpaired) electrons. The van der Waals surface area contributed by atoms with Crippen molar-refractivity contribution in [3.8, 4) is 0 Å². The van der Waals surface area contributed by atoms with Crippen LogP contribution in [0.1, 0.15) is 26.7 Å². The second-order valence-corrected chi connectivity index (χ2v) is 6.97. The van der Waals surface area contributed by atoms with Crippen LogP contribution in [0.15, 0.2) is 0 Å². The number of aliphatic carboxylic acids is 1. The Bertz CT molecular complexity index is 503. The zero-order valence-electron chi connectivity index (χ0n) is 15.1. The molecule has 1 heterocycles. The SMILES string of the molecule is CCN(CC(=O)O)C1CC(NC(=O)N2CCN(C(C)C(F)(F)F)CC2)C1. The molecule has 0 bridgehead atoms. The third kappa shape index (κ3) is 5.23. The highest BCUT2D eigenvalue weighted by atomic mass is 19.4. The number of urea groups is 1. The normalized spacial score (nSPS) is 25.7. The van der Waals surface area contributed by atoms with E-state index >= 15 is 0 Å². The summed E-state index contributed by atoms with van der Waals surface area (Å²) in [5.74, 6) is -0.870. The number of carboxylic acids is 1. The quantitative estimate of drug-likeness (QED) is 0.724. The number of carboxylic acid groups (broad SMARTS) is 1. The Morgan fingerprint density at radius 2 is 1.81 bits per heavy atom. The summed E-state index contributed by atoms with van der Waals surface area (Å²) in [7, 11) is 0. The Morgan fingerprint density at radius 3 is 2.27 bits per heavy atom. The number of likely N-dealkylation sites (N-methyl/N-ethyl adjacent to an activating group) is 1. The van der Waals surface area contributed by atoms with Crippen molar-refractivity contribution in [2.24, 2.45) is 0 Å². The Balaban J connectivity index is 1.71. The first-order valence-corrected chi connectivity index (χ1v) is 8.93. The predicted molar refractivity (Wildman–Crippen MR) is 88.9 cm³/mol.